The maximum absolute atomic E-state index is 12.9. The van der Waals surface area contributed by atoms with Crippen LogP contribution in [0.3, 0.4) is 0 Å². The molecule has 3 aromatic heterocycles. The smallest absolute Gasteiger partial charge is 0.252 e. The Balaban J connectivity index is 1.55. The molecular formula is C19H22N4O2S2. The van der Waals surface area contributed by atoms with E-state index in [1.807, 2.05) is 30.6 Å². The maximum atomic E-state index is 12.9. The van der Waals surface area contributed by atoms with Gasteiger partial charge >= 0.3 is 0 Å². The van der Waals surface area contributed by atoms with Crippen LogP contribution in [-0.2, 0) is 16.6 Å². The SMILES string of the molecule is Cc1cnc(-c2ccncc2)n1CC1CCCN(S(=O)(=O)c2cccs2)C1. The molecule has 8 heteroatoms. The van der Waals surface area contributed by atoms with Crippen LogP contribution in [0.5, 0.6) is 0 Å². The van der Waals surface area contributed by atoms with Crippen molar-refractivity contribution in [1.82, 2.24) is 18.8 Å². The Bertz CT molecular complexity index is 998. The molecule has 6 nitrogen and oxygen atoms in total. The van der Waals surface area contributed by atoms with E-state index in [-0.39, 0.29) is 5.92 Å². The van der Waals surface area contributed by atoms with E-state index in [0.717, 1.165) is 36.5 Å². The second-order valence-corrected chi connectivity index (χ2v) is 9.99. The third-order valence-corrected chi connectivity index (χ3v) is 8.24. The minimum atomic E-state index is -3.38. The maximum Gasteiger partial charge on any atom is 0.252 e. The standard InChI is InChI=1S/C19H22N4O2S2/c1-15-12-21-19(17-6-8-20-9-7-17)23(15)14-16-4-2-10-22(13-16)27(24,25)18-5-3-11-26-18/h3,5-9,11-12,16H,2,4,10,13-14H2,1H3. The summed E-state index contributed by atoms with van der Waals surface area (Å²) >= 11 is 1.28. The molecule has 4 rings (SSSR count). The number of imidazole rings is 1. The molecule has 1 aliphatic heterocycles. The first-order chi connectivity index (χ1) is 13.1. The fourth-order valence-electron chi connectivity index (χ4n) is 3.61. The van der Waals surface area contributed by atoms with Gasteiger partial charge in [-0.05, 0) is 49.3 Å². The van der Waals surface area contributed by atoms with Gasteiger partial charge in [0.25, 0.3) is 10.0 Å². The fraction of sp³-hybridized carbons (Fsp3) is 0.368. The average Bonchev–Trinajstić information content (AvgIpc) is 3.34. The zero-order chi connectivity index (χ0) is 18.9. The second-order valence-electron chi connectivity index (χ2n) is 6.87. The third kappa shape index (κ3) is 3.69. The van der Waals surface area contributed by atoms with Crippen molar-refractivity contribution in [1.29, 1.82) is 0 Å². The van der Waals surface area contributed by atoms with E-state index in [9.17, 15) is 8.42 Å². The number of hydrogen-bond acceptors (Lipinski definition) is 5. The number of sulfonamides is 1. The van der Waals surface area contributed by atoms with E-state index in [4.69, 9.17) is 0 Å². The van der Waals surface area contributed by atoms with Crippen molar-refractivity contribution in [3.05, 3.63) is 53.9 Å². The number of hydrogen-bond donors (Lipinski definition) is 0. The van der Waals surface area contributed by atoms with Crippen molar-refractivity contribution >= 4 is 21.4 Å². The predicted molar refractivity (Wildman–Crippen MR) is 106 cm³/mol. The zero-order valence-corrected chi connectivity index (χ0v) is 16.8. The van der Waals surface area contributed by atoms with E-state index in [2.05, 4.69) is 14.5 Å². The number of aromatic nitrogens is 3. The highest BCUT2D eigenvalue weighted by Gasteiger charge is 2.31. The highest BCUT2D eigenvalue weighted by molar-refractivity contribution is 7.91. The van der Waals surface area contributed by atoms with Crippen LogP contribution in [0.4, 0.5) is 0 Å². The van der Waals surface area contributed by atoms with E-state index in [0.29, 0.717) is 17.3 Å². The molecule has 0 radical (unpaired) electrons. The quantitative estimate of drug-likeness (QED) is 0.656. The van der Waals surface area contributed by atoms with Gasteiger partial charge in [0, 0.05) is 49.5 Å². The van der Waals surface area contributed by atoms with Crippen LogP contribution in [0.15, 0.2) is 52.4 Å². The molecule has 0 spiro atoms. The van der Waals surface area contributed by atoms with Gasteiger partial charge in [-0.2, -0.15) is 4.31 Å². The molecule has 0 bridgehead atoms. The lowest BCUT2D eigenvalue weighted by molar-refractivity contribution is 0.245. The fourth-order valence-corrected chi connectivity index (χ4v) is 6.31. The highest BCUT2D eigenvalue weighted by atomic mass is 32.2. The van der Waals surface area contributed by atoms with E-state index in [1.54, 1.807) is 28.8 Å². The Morgan fingerprint density at radius 3 is 2.81 bits per heavy atom. The van der Waals surface area contributed by atoms with Crippen LogP contribution in [0, 0.1) is 12.8 Å². The molecule has 1 unspecified atom stereocenters. The molecule has 1 fully saturated rings. The normalized spacial score (nSPS) is 18.6. The van der Waals surface area contributed by atoms with Crippen molar-refractivity contribution in [2.24, 2.45) is 5.92 Å². The van der Waals surface area contributed by atoms with Crippen molar-refractivity contribution in [2.45, 2.75) is 30.5 Å². The van der Waals surface area contributed by atoms with Gasteiger partial charge in [-0.3, -0.25) is 4.98 Å². The Morgan fingerprint density at radius 2 is 2.07 bits per heavy atom. The van der Waals surface area contributed by atoms with Crippen molar-refractivity contribution in [3.8, 4) is 11.4 Å². The van der Waals surface area contributed by atoms with Gasteiger partial charge in [0.05, 0.1) is 0 Å². The van der Waals surface area contributed by atoms with Gasteiger partial charge in [-0.15, -0.1) is 11.3 Å². The van der Waals surface area contributed by atoms with Crippen LogP contribution in [-0.4, -0.2) is 40.3 Å². The summed E-state index contributed by atoms with van der Waals surface area (Å²) in [6.45, 7) is 3.95. The highest BCUT2D eigenvalue weighted by Crippen LogP contribution is 2.28. The molecule has 0 aromatic carbocycles. The van der Waals surface area contributed by atoms with Crippen LogP contribution in [0.25, 0.3) is 11.4 Å². The molecule has 4 heterocycles. The van der Waals surface area contributed by atoms with Crippen molar-refractivity contribution < 1.29 is 8.42 Å². The first kappa shape index (κ1) is 18.3. The lowest BCUT2D eigenvalue weighted by atomic mass is 9.99. The summed E-state index contributed by atoms with van der Waals surface area (Å²) in [4.78, 5) is 8.64. The number of aryl methyl sites for hydroxylation is 1. The van der Waals surface area contributed by atoms with Gasteiger partial charge in [0.2, 0.25) is 0 Å². The first-order valence-corrected chi connectivity index (χ1v) is 11.3. The Hall–Kier alpha value is -2.03. The molecule has 27 heavy (non-hydrogen) atoms. The average molecular weight is 403 g/mol. The summed E-state index contributed by atoms with van der Waals surface area (Å²) < 4.78 is 30.0. The van der Waals surface area contributed by atoms with Gasteiger partial charge < -0.3 is 4.57 Å². The summed E-state index contributed by atoms with van der Waals surface area (Å²) in [7, 11) is -3.38. The summed E-state index contributed by atoms with van der Waals surface area (Å²) in [5, 5.41) is 1.81. The molecule has 1 aliphatic rings. The Morgan fingerprint density at radius 1 is 1.26 bits per heavy atom. The third-order valence-electron chi connectivity index (χ3n) is 5.01. The molecule has 0 amide bonds. The van der Waals surface area contributed by atoms with E-state index >= 15 is 0 Å². The summed E-state index contributed by atoms with van der Waals surface area (Å²) in [5.74, 6) is 1.18. The van der Waals surface area contributed by atoms with Gasteiger partial charge in [0.15, 0.2) is 0 Å². The molecule has 1 atom stereocenters. The van der Waals surface area contributed by atoms with Gasteiger partial charge in [-0.25, -0.2) is 13.4 Å². The largest absolute Gasteiger partial charge is 0.328 e. The van der Waals surface area contributed by atoms with Gasteiger partial charge in [-0.1, -0.05) is 6.07 Å². The molecule has 0 aliphatic carbocycles. The zero-order valence-electron chi connectivity index (χ0n) is 15.2. The number of piperidine rings is 1. The summed E-state index contributed by atoms with van der Waals surface area (Å²) in [6, 6.07) is 7.37. The first-order valence-electron chi connectivity index (χ1n) is 9.02. The summed E-state index contributed by atoms with van der Waals surface area (Å²) in [5.41, 5.74) is 2.11. The number of nitrogens with zero attached hydrogens (tertiary/aromatic N) is 4. The van der Waals surface area contributed by atoms with Crippen LogP contribution in [0.2, 0.25) is 0 Å². The number of rotatable bonds is 5. The molecule has 3 aromatic rings. The second kappa shape index (κ2) is 7.53. The summed E-state index contributed by atoms with van der Waals surface area (Å²) in [6.07, 6.45) is 7.30. The van der Waals surface area contributed by atoms with Crippen molar-refractivity contribution in [2.75, 3.05) is 13.1 Å². The van der Waals surface area contributed by atoms with Crippen LogP contribution < -0.4 is 0 Å². The Labute approximate surface area is 163 Å². The number of thiophene rings is 1. The lowest BCUT2D eigenvalue weighted by Crippen LogP contribution is -2.40. The molecule has 0 N–H and O–H groups in total. The predicted octanol–water partition coefficient (Wildman–Crippen LogP) is 3.42. The lowest BCUT2D eigenvalue weighted by Gasteiger charge is -2.32. The van der Waals surface area contributed by atoms with Crippen LogP contribution >= 0.6 is 11.3 Å². The van der Waals surface area contributed by atoms with E-state index < -0.39 is 10.0 Å². The molecule has 142 valence electrons. The van der Waals surface area contributed by atoms with E-state index in [1.165, 1.54) is 11.3 Å². The minimum absolute atomic E-state index is 0.266. The minimum Gasteiger partial charge on any atom is -0.328 e. The monoisotopic (exact) mass is 402 g/mol. The van der Waals surface area contributed by atoms with Crippen molar-refractivity contribution in [3.63, 3.8) is 0 Å². The van der Waals surface area contributed by atoms with Crippen LogP contribution in [0.1, 0.15) is 18.5 Å². The Kier molecular flexibility index (Phi) is 5.12. The molecular weight excluding hydrogens is 380 g/mol. The van der Waals surface area contributed by atoms with Gasteiger partial charge in [0.1, 0.15) is 10.0 Å². The topological polar surface area (TPSA) is 68.1 Å². The molecule has 0 saturated carbocycles. The molecule has 1 saturated heterocycles. The number of pyridine rings is 1.